The first kappa shape index (κ1) is 30.4. The number of alkyl halides is 1. The highest BCUT2D eigenvalue weighted by molar-refractivity contribution is 7.91. The Hall–Kier alpha value is -4.06. The standard InChI is InChI=1S/C31H35FN4O6S/c1-20(37)26-18-35(27-13-10-22(15-25(26)27)30(39)34-43(41,42)24-11-12-24)19-29(38)36-17-23(32)16-28(36)31(40)33-14-6-5-9-21-7-3-2-4-8-21/h2-4,7-8,10,13,15,18,23-24,28H,5-6,9,11-12,14,16-17,19H2,1H3,(H,33,40)(H,34,39)/t23-,28+/m1/s1. The minimum absolute atomic E-state index is 0.0589. The Kier molecular flexibility index (Phi) is 8.95. The molecule has 1 aliphatic heterocycles. The van der Waals surface area contributed by atoms with E-state index in [1.807, 2.05) is 30.3 Å². The normalized spacial score (nSPS) is 18.5. The summed E-state index contributed by atoms with van der Waals surface area (Å²) in [5, 5.41) is 2.65. The van der Waals surface area contributed by atoms with Gasteiger partial charge in [-0.2, -0.15) is 0 Å². The second-order valence-electron chi connectivity index (χ2n) is 11.3. The van der Waals surface area contributed by atoms with Crippen LogP contribution in [-0.2, 0) is 32.6 Å². The third kappa shape index (κ3) is 7.12. The van der Waals surface area contributed by atoms with Crippen LogP contribution in [0.3, 0.4) is 0 Å². The highest BCUT2D eigenvalue weighted by Gasteiger charge is 2.40. The Bertz CT molecular complexity index is 1650. The van der Waals surface area contributed by atoms with E-state index in [1.54, 1.807) is 0 Å². The van der Waals surface area contributed by atoms with E-state index in [2.05, 4.69) is 10.0 Å². The second kappa shape index (κ2) is 12.7. The number of likely N-dealkylation sites (tertiary alicyclic amines) is 1. The number of nitrogens with one attached hydrogen (secondary N) is 2. The highest BCUT2D eigenvalue weighted by atomic mass is 32.2. The lowest BCUT2D eigenvalue weighted by Gasteiger charge is -2.24. The van der Waals surface area contributed by atoms with Crippen LogP contribution in [-0.4, -0.2) is 71.9 Å². The third-order valence-corrected chi connectivity index (χ3v) is 9.75. The minimum Gasteiger partial charge on any atom is -0.354 e. The number of aryl methyl sites for hydroxylation is 1. The molecule has 5 rings (SSSR count). The number of amides is 3. The van der Waals surface area contributed by atoms with E-state index < -0.39 is 45.2 Å². The van der Waals surface area contributed by atoms with Gasteiger partial charge in [0.2, 0.25) is 21.8 Å². The fraction of sp³-hybridized carbons (Fsp3) is 0.419. The van der Waals surface area contributed by atoms with E-state index in [1.165, 1.54) is 46.4 Å². The maximum Gasteiger partial charge on any atom is 0.264 e. The maximum atomic E-state index is 14.5. The average molecular weight is 611 g/mol. The van der Waals surface area contributed by atoms with Crippen LogP contribution in [0.4, 0.5) is 4.39 Å². The summed E-state index contributed by atoms with van der Waals surface area (Å²) >= 11 is 0. The molecule has 0 unspecified atom stereocenters. The molecule has 2 aromatic carbocycles. The van der Waals surface area contributed by atoms with Crippen LogP contribution >= 0.6 is 0 Å². The number of aromatic nitrogens is 1. The Morgan fingerprint density at radius 1 is 1.02 bits per heavy atom. The van der Waals surface area contributed by atoms with Gasteiger partial charge in [-0.15, -0.1) is 0 Å². The van der Waals surface area contributed by atoms with Gasteiger partial charge in [-0.1, -0.05) is 30.3 Å². The zero-order chi connectivity index (χ0) is 30.7. The molecule has 43 heavy (non-hydrogen) atoms. The molecule has 3 amide bonds. The average Bonchev–Trinajstić information content (AvgIpc) is 3.68. The van der Waals surface area contributed by atoms with E-state index >= 15 is 0 Å². The molecule has 2 heterocycles. The van der Waals surface area contributed by atoms with Crippen molar-refractivity contribution in [3.05, 3.63) is 71.4 Å². The number of carbonyl (C=O) groups is 4. The largest absolute Gasteiger partial charge is 0.354 e. The van der Waals surface area contributed by atoms with Crippen molar-refractivity contribution in [1.29, 1.82) is 0 Å². The van der Waals surface area contributed by atoms with E-state index in [4.69, 9.17) is 0 Å². The highest BCUT2D eigenvalue weighted by Crippen LogP contribution is 2.29. The lowest BCUT2D eigenvalue weighted by atomic mass is 10.1. The number of ketones is 1. The van der Waals surface area contributed by atoms with Crippen LogP contribution in [0, 0.1) is 0 Å². The maximum absolute atomic E-state index is 14.5. The number of Topliss-reactive ketones (excluding diaryl/α,β-unsaturated/α-hetero) is 1. The van der Waals surface area contributed by atoms with Crippen molar-refractivity contribution in [1.82, 2.24) is 19.5 Å². The summed E-state index contributed by atoms with van der Waals surface area (Å²) in [6.07, 6.45) is 3.58. The number of carbonyl (C=O) groups excluding carboxylic acids is 4. The van der Waals surface area contributed by atoms with Crippen LogP contribution in [0.15, 0.2) is 54.7 Å². The van der Waals surface area contributed by atoms with Gasteiger partial charge in [0, 0.05) is 41.2 Å². The van der Waals surface area contributed by atoms with Crippen molar-refractivity contribution in [2.75, 3.05) is 13.1 Å². The molecule has 2 aliphatic rings. The third-order valence-electron chi connectivity index (χ3n) is 7.93. The molecular formula is C31H35FN4O6S. The summed E-state index contributed by atoms with van der Waals surface area (Å²) in [5.41, 5.74) is 1.99. The molecule has 0 radical (unpaired) electrons. The first-order valence-electron chi connectivity index (χ1n) is 14.5. The summed E-state index contributed by atoms with van der Waals surface area (Å²) in [6.45, 7) is 1.31. The number of sulfonamides is 1. The molecule has 1 saturated heterocycles. The summed E-state index contributed by atoms with van der Waals surface area (Å²) in [6, 6.07) is 13.5. The molecule has 0 spiro atoms. The van der Waals surface area contributed by atoms with Gasteiger partial charge < -0.3 is 14.8 Å². The lowest BCUT2D eigenvalue weighted by molar-refractivity contribution is -0.138. The topological polar surface area (TPSA) is 135 Å². The zero-order valence-corrected chi connectivity index (χ0v) is 24.7. The summed E-state index contributed by atoms with van der Waals surface area (Å²) in [5.74, 6) is -1.98. The molecule has 2 fully saturated rings. The number of nitrogens with zero attached hydrogens (tertiary/aromatic N) is 2. The smallest absolute Gasteiger partial charge is 0.264 e. The number of unbranched alkanes of at least 4 members (excludes halogenated alkanes) is 1. The molecule has 1 aromatic heterocycles. The summed E-state index contributed by atoms with van der Waals surface area (Å²) < 4.78 is 42.5. The van der Waals surface area contributed by atoms with Crippen molar-refractivity contribution in [3.63, 3.8) is 0 Å². The number of rotatable bonds is 12. The molecule has 228 valence electrons. The zero-order valence-electron chi connectivity index (χ0n) is 23.9. The van der Waals surface area contributed by atoms with Gasteiger partial charge in [-0.05, 0) is 62.8 Å². The second-order valence-corrected chi connectivity index (χ2v) is 13.2. The van der Waals surface area contributed by atoms with Crippen molar-refractivity contribution in [2.45, 2.75) is 69.5 Å². The predicted octanol–water partition coefficient (Wildman–Crippen LogP) is 3.14. The summed E-state index contributed by atoms with van der Waals surface area (Å²) in [7, 11) is -3.76. The molecule has 0 bridgehead atoms. The van der Waals surface area contributed by atoms with E-state index in [0.717, 1.165) is 19.3 Å². The minimum atomic E-state index is -3.76. The van der Waals surface area contributed by atoms with Crippen molar-refractivity contribution in [3.8, 4) is 0 Å². The van der Waals surface area contributed by atoms with Gasteiger partial charge in [-0.25, -0.2) is 17.5 Å². The van der Waals surface area contributed by atoms with Crippen molar-refractivity contribution in [2.24, 2.45) is 0 Å². The molecule has 2 N–H and O–H groups in total. The quantitative estimate of drug-likeness (QED) is 0.239. The Balaban J connectivity index is 1.24. The first-order valence-corrected chi connectivity index (χ1v) is 16.0. The van der Waals surface area contributed by atoms with Gasteiger partial charge in [0.15, 0.2) is 5.78 Å². The summed E-state index contributed by atoms with van der Waals surface area (Å²) in [4.78, 5) is 52.7. The molecule has 2 atom stereocenters. The van der Waals surface area contributed by atoms with Gasteiger partial charge in [0.25, 0.3) is 5.91 Å². The lowest BCUT2D eigenvalue weighted by Crippen LogP contribution is -2.47. The van der Waals surface area contributed by atoms with Gasteiger partial charge in [0.05, 0.1) is 11.8 Å². The number of fused-ring (bicyclic) bond motifs is 1. The fourth-order valence-corrected chi connectivity index (χ4v) is 6.77. The SMILES string of the molecule is CC(=O)c1cn(CC(=O)N2C[C@H](F)C[C@H]2C(=O)NCCCCc2ccccc2)c2ccc(C(=O)NS(=O)(=O)C3CC3)cc12. The Morgan fingerprint density at radius 3 is 2.47 bits per heavy atom. The van der Waals surface area contributed by atoms with Crippen LogP contribution in [0.5, 0.6) is 0 Å². The number of hydrogen-bond donors (Lipinski definition) is 2. The fourth-order valence-electron chi connectivity index (χ4n) is 5.47. The monoisotopic (exact) mass is 610 g/mol. The molecule has 10 nitrogen and oxygen atoms in total. The Labute approximate surface area is 249 Å². The Morgan fingerprint density at radius 2 is 1.77 bits per heavy atom. The van der Waals surface area contributed by atoms with Crippen LogP contribution in [0.1, 0.15) is 65.3 Å². The number of halogens is 1. The number of hydrogen-bond acceptors (Lipinski definition) is 6. The van der Waals surface area contributed by atoms with E-state index in [0.29, 0.717) is 30.3 Å². The van der Waals surface area contributed by atoms with E-state index in [-0.39, 0.29) is 36.4 Å². The van der Waals surface area contributed by atoms with Crippen LogP contribution in [0.2, 0.25) is 0 Å². The molecule has 3 aromatic rings. The van der Waals surface area contributed by atoms with Crippen LogP contribution < -0.4 is 10.0 Å². The van der Waals surface area contributed by atoms with Crippen LogP contribution in [0.25, 0.3) is 10.9 Å². The van der Waals surface area contributed by atoms with Gasteiger partial charge in [-0.3, -0.25) is 19.2 Å². The van der Waals surface area contributed by atoms with E-state index in [9.17, 15) is 32.0 Å². The van der Waals surface area contributed by atoms with Gasteiger partial charge >= 0.3 is 0 Å². The predicted molar refractivity (Wildman–Crippen MR) is 159 cm³/mol. The van der Waals surface area contributed by atoms with Crippen molar-refractivity contribution < 1.29 is 32.0 Å². The molecular weight excluding hydrogens is 575 g/mol. The first-order chi connectivity index (χ1) is 20.5. The number of benzene rings is 2. The van der Waals surface area contributed by atoms with Crippen molar-refractivity contribution >= 4 is 44.4 Å². The molecule has 12 heteroatoms. The molecule has 1 aliphatic carbocycles. The van der Waals surface area contributed by atoms with Gasteiger partial charge in [0.1, 0.15) is 18.8 Å². The molecule has 1 saturated carbocycles.